The Balaban J connectivity index is 0. The molecule has 6 nitrogen and oxygen atoms in total. The van der Waals surface area contributed by atoms with Gasteiger partial charge in [-0.25, -0.2) is 0 Å². The number of rotatable bonds is 22. The van der Waals surface area contributed by atoms with Crippen molar-refractivity contribution in [2.45, 2.75) is 154 Å². The predicted octanol–water partition coefficient (Wildman–Crippen LogP) is 6.64. The zero-order chi connectivity index (χ0) is 24.5. The molecule has 6 heteroatoms. The molecule has 0 fully saturated rings. The Labute approximate surface area is 197 Å². The molecule has 2 unspecified atom stereocenters. The van der Waals surface area contributed by atoms with Crippen LogP contribution in [0.15, 0.2) is 0 Å². The predicted molar refractivity (Wildman–Crippen MR) is 135 cm³/mol. The zero-order valence-corrected chi connectivity index (χ0v) is 21.2. The second-order valence-electron chi connectivity index (χ2n) is 9.20. The second-order valence-corrected chi connectivity index (χ2v) is 9.20. The molecule has 0 heterocycles. The molecule has 0 spiro atoms. The topological polar surface area (TPSA) is 127 Å². The van der Waals surface area contributed by atoms with Crippen LogP contribution in [-0.2, 0) is 9.59 Å². The molecule has 0 aliphatic heterocycles. The van der Waals surface area contributed by atoms with Gasteiger partial charge in [-0.05, 0) is 38.5 Å². The van der Waals surface area contributed by atoms with E-state index in [0.717, 1.165) is 0 Å². The largest absolute Gasteiger partial charge is 0.481 e. The van der Waals surface area contributed by atoms with E-state index in [2.05, 4.69) is 13.8 Å². The summed E-state index contributed by atoms with van der Waals surface area (Å²) in [4.78, 5) is 19.8. The average molecular weight is 459 g/mol. The van der Waals surface area contributed by atoms with Gasteiger partial charge in [0, 0.05) is 24.9 Å². The summed E-state index contributed by atoms with van der Waals surface area (Å²) in [6.45, 7) is 4.51. The lowest BCUT2D eigenvalue weighted by Gasteiger charge is -2.11. The van der Waals surface area contributed by atoms with Gasteiger partial charge in [0.2, 0.25) is 0 Å². The minimum Gasteiger partial charge on any atom is -0.481 e. The van der Waals surface area contributed by atoms with Crippen molar-refractivity contribution < 1.29 is 19.8 Å². The van der Waals surface area contributed by atoms with E-state index < -0.39 is 11.9 Å². The summed E-state index contributed by atoms with van der Waals surface area (Å²) in [6.07, 6.45) is 22.0. The monoisotopic (exact) mass is 458 g/mol. The summed E-state index contributed by atoms with van der Waals surface area (Å²) in [5, 5.41) is 16.3. The number of carbonyl (C=O) groups is 2. The van der Waals surface area contributed by atoms with Crippen molar-refractivity contribution in [3.63, 3.8) is 0 Å². The number of aliphatic carboxylic acids is 2. The van der Waals surface area contributed by atoms with Crippen molar-refractivity contribution in [3.8, 4) is 0 Å². The number of hydrogen-bond donors (Lipinski definition) is 4. The summed E-state index contributed by atoms with van der Waals surface area (Å²) in [6, 6.07) is 0.903. The maximum Gasteiger partial charge on any atom is 0.303 e. The minimum absolute atomic E-state index is 0.0628. The van der Waals surface area contributed by atoms with Crippen LogP contribution in [0.4, 0.5) is 0 Å². The lowest BCUT2D eigenvalue weighted by Crippen LogP contribution is -2.19. The first-order chi connectivity index (χ1) is 15.3. The molecule has 2 atom stereocenters. The molecule has 192 valence electrons. The molecule has 0 bridgehead atoms. The SMILES string of the molecule is CCCCCC(N)CCCCCCCCC(N)CCCCC.O=C(O)CCCCC(=O)O. The lowest BCUT2D eigenvalue weighted by molar-refractivity contribution is -0.139. The smallest absolute Gasteiger partial charge is 0.303 e. The van der Waals surface area contributed by atoms with Gasteiger partial charge in [0.25, 0.3) is 0 Å². The minimum atomic E-state index is -0.870. The van der Waals surface area contributed by atoms with Crippen molar-refractivity contribution in [1.82, 2.24) is 0 Å². The molecule has 0 aromatic rings. The van der Waals surface area contributed by atoms with Crippen molar-refractivity contribution in [1.29, 1.82) is 0 Å². The molecule has 32 heavy (non-hydrogen) atoms. The number of carboxylic acid groups (broad SMARTS) is 2. The third-order valence-corrected chi connectivity index (χ3v) is 5.79. The van der Waals surface area contributed by atoms with Gasteiger partial charge < -0.3 is 21.7 Å². The Hall–Kier alpha value is -1.14. The third kappa shape index (κ3) is 31.0. The summed E-state index contributed by atoms with van der Waals surface area (Å²) < 4.78 is 0. The Bertz CT molecular complexity index is 381. The van der Waals surface area contributed by atoms with Crippen LogP contribution < -0.4 is 11.5 Å². The van der Waals surface area contributed by atoms with Gasteiger partial charge in [0.15, 0.2) is 0 Å². The third-order valence-electron chi connectivity index (χ3n) is 5.79. The normalized spacial score (nSPS) is 12.6. The van der Waals surface area contributed by atoms with Crippen LogP contribution >= 0.6 is 0 Å². The molecule has 0 aromatic carbocycles. The molecule has 0 aliphatic rings. The van der Waals surface area contributed by atoms with E-state index in [1.54, 1.807) is 0 Å². The first-order valence-electron chi connectivity index (χ1n) is 13.3. The van der Waals surface area contributed by atoms with Crippen LogP contribution in [0.2, 0.25) is 0 Å². The fourth-order valence-corrected chi connectivity index (χ4v) is 3.67. The highest BCUT2D eigenvalue weighted by molar-refractivity contribution is 5.67. The number of nitrogens with two attached hydrogens (primary N) is 2. The Morgan fingerprint density at radius 3 is 1.09 bits per heavy atom. The molecule has 0 rings (SSSR count). The molecular formula is C26H54N2O4. The van der Waals surface area contributed by atoms with E-state index in [1.165, 1.54) is 103 Å². The Morgan fingerprint density at radius 1 is 0.531 bits per heavy atom. The van der Waals surface area contributed by atoms with E-state index >= 15 is 0 Å². The summed E-state index contributed by atoms with van der Waals surface area (Å²) in [5.74, 6) is -1.74. The van der Waals surface area contributed by atoms with Gasteiger partial charge in [-0.15, -0.1) is 0 Å². The van der Waals surface area contributed by atoms with Crippen molar-refractivity contribution in [2.75, 3.05) is 0 Å². The molecule has 0 saturated heterocycles. The maximum absolute atomic E-state index is 9.90. The van der Waals surface area contributed by atoms with Crippen LogP contribution in [0.1, 0.15) is 142 Å². The van der Waals surface area contributed by atoms with Crippen molar-refractivity contribution in [2.24, 2.45) is 11.5 Å². The van der Waals surface area contributed by atoms with E-state index in [9.17, 15) is 9.59 Å². The van der Waals surface area contributed by atoms with E-state index in [0.29, 0.717) is 24.9 Å². The summed E-state index contributed by atoms with van der Waals surface area (Å²) in [5.41, 5.74) is 12.3. The molecule has 0 amide bonds. The van der Waals surface area contributed by atoms with Crippen LogP contribution in [0.5, 0.6) is 0 Å². The van der Waals surface area contributed by atoms with Crippen molar-refractivity contribution in [3.05, 3.63) is 0 Å². The fourth-order valence-electron chi connectivity index (χ4n) is 3.67. The zero-order valence-electron chi connectivity index (χ0n) is 21.2. The van der Waals surface area contributed by atoms with Crippen molar-refractivity contribution >= 4 is 11.9 Å². The van der Waals surface area contributed by atoms with Gasteiger partial charge in [-0.3, -0.25) is 9.59 Å². The fraction of sp³-hybridized carbons (Fsp3) is 0.923. The quantitative estimate of drug-likeness (QED) is 0.135. The average Bonchev–Trinajstić information content (AvgIpc) is 2.73. The van der Waals surface area contributed by atoms with Gasteiger partial charge in [-0.2, -0.15) is 0 Å². The number of carboxylic acids is 2. The molecule has 0 radical (unpaired) electrons. The second kappa shape index (κ2) is 26.1. The highest BCUT2D eigenvalue weighted by Gasteiger charge is 2.03. The first kappa shape index (κ1) is 33.0. The Morgan fingerprint density at radius 2 is 0.812 bits per heavy atom. The van der Waals surface area contributed by atoms with Gasteiger partial charge >= 0.3 is 11.9 Å². The molecule has 6 N–H and O–H groups in total. The van der Waals surface area contributed by atoms with Gasteiger partial charge in [-0.1, -0.05) is 90.9 Å². The van der Waals surface area contributed by atoms with Crippen LogP contribution in [0.25, 0.3) is 0 Å². The highest BCUT2D eigenvalue weighted by Crippen LogP contribution is 2.13. The van der Waals surface area contributed by atoms with Gasteiger partial charge in [0.1, 0.15) is 0 Å². The summed E-state index contributed by atoms with van der Waals surface area (Å²) in [7, 11) is 0. The lowest BCUT2D eigenvalue weighted by atomic mass is 10.00. The molecule has 0 aromatic heterocycles. The highest BCUT2D eigenvalue weighted by atomic mass is 16.4. The Kier molecular flexibility index (Phi) is 27.0. The first-order valence-corrected chi connectivity index (χ1v) is 13.3. The van der Waals surface area contributed by atoms with Crippen LogP contribution in [0, 0.1) is 0 Å². The molecule has 0 saturated carbocycles. The van der Waals surface area contributed by atoms with E-state index in [1.807, 2.05) is 0 Å². The molecular weight excluding hydrogens is 404 g/mol. The van der Waals surface area contributed by atoms with E-state index in [4.69, 9.17) is 21.7 Å². The number of unbranched alkanes of at least 4 members (excludes halogenated alkanes) is 10. The molecule has 0 aliphatic carbocycles. The summed E-state index contributed by atoms with van der Waals surface area (Å²) >= 11 is 0. The van der Waals surface area contributed by atoms with Crippen LogP contribution in [-0.4, -0.2) is 34.2 Å². The maximum atomic E-state index is 9.90. The van der Waals surface area contributed by atoms with E-state index in [-0.39, 0.29) is 12.8 Å². The number of hydrogen-bond acceptors (Lipinski definition) is 4. The van der Waals surface area contributed by atoms with Crippen LogP contribution in [0.3, 0.4) is 0 Å². The standard InChI is InChI=1S/C20H44N2.C6H10O4/c1-3-5-11-15-19(21)17-13-9-7-8-10-14-18-20(22)16-12-6-4-2;7-5(8)3-1-2-4-6(9)10/h19-20H,3-18,21-22H2,1-2H3;1-4H2,(H,7,8)(H,9,10). The van der Waals surface area contributed by atoms with Gasteiger partial charge in [0.05, 0.1) is 0 Å².